The summed E-state index contributed by atoms with van der Waals surface area (Å²) in [5.41, 5.74) is 1.81. The van der Waals surface area contributed by atoms with Crippen molar-refractivity contribution in [3.8, 4) is 0 Å². The molecule has 3 nitrogen and oxygen atoms in total. The van der Waals surface area contributed by atoms with E-state index in [2.05, 4.69) is 11.6 Å². The predicted molar refractivity (Wildman–Crippen MR) is 62.6 cm³/mol. The van der Waals surface area contributed by atoms with Crippen LogP contribution in [-0.4, -0.2) is 16.1 Å². The average molecular weight is 213 g/mol. The monoisotopic (exact) mass is 213 g/mol. The predicted octanol–water partition coefficient (Wildman–Crippen LogP) is 2.66. The van der Waals surface area contributed by atoms with E-state index in [1.165, 1.54) is 6.07 Å². The van der Waals surface area contributed by atoms with Gasteiger partial charge in [-0.05, 0) is 18.1 Å². The van der Waals surface area contributed by atoms with Crippen LogP contribution in [0.5, 0.6) is 0 Å². The van der Waals surface area contributed by atoms with Crippen LogP contribution in [0.1, 0.15) is 16.1 Å². The average Bonchev–Trinajstić information content (AvgIpc) is 2.29. The van der Waals surface area contributed by atoms with Crippen molar-refractivity contribution >= 4 is 16.9 Å². The summed E-state index contributed by atoms with van der Waals surface area (Å²) >= 11 is 0. The number of allylic oxidation sites excluding steroid dienone is 1. The van der Waals surface area contributed by atoms with Gasteiger partial charge < -0.3 is 5.11 Å². The molecule has 2 aromatic rings. The minimum atomic E-state index is -1.00. The van der Waals surface area contributed by atoms with Gasteiger partial charge in [-0.3, -0.25) is 0 Å². The summed E-state index contributed by atoms with van der Waals surface area (Å²) in [6, 6.07) is 9.08. The van der Waals surface area contributed by atoms with Crippen LogP contribution in [0.25, 0.3) is 10.9 Å². The summed E-state index contributed by atoms with van der Waals surface area (Å²) < 4.78 is 0. The van der Waals surface area contributed by atoms with Gasteiger partial charge in [-0.1, -0.05) is 30.3 Å². The van der Waals surface area contributed by atoms with Gasteiger partial charge in [-0.15, -0.1) is 6.58 Å². The van der Waals surface area contributed by atoms with Crippen LogP contribution in [0.3, 0.4) is 0 Å². The molecule has 0 spiro atoms. The Hall–Kier alpha value is -2.16. The fraction of sp³-hybridized carbons (Fsp3) is 0.0769. The van der Waals surface area contributed by atoms with Crippen molar-refractivity contribution in [2.75, 3.05) is 0 Å². The number of aromatic nitrogens is 1. The molecule has 1 aromatic heterocycles. The van der Waals surface area contributed by atoms with E-state index in [0.717, 1.165) is 16.5 Å². The summed E-state index contributed by atoms with van der Waals surface area (Å²) in [6.07, 6.45) is 2.47. The van der Waals surface area contributed by atoms with E-state index < -0.39 is 5.97 Å². The molecule has 2 rings (SSSR count). The normalized spacial score (nSPS) is 10.2. The number of rotatable bonds is 3. The smallest absolute Gasteiger partial charge is 0.354 e. The number of para-hydroxylation sites is 1. The lowest BCUT2D eigenvalue weighted by molar-refractivity contribution is 0.0691. The lowest BCUT2D eigenvalue weighted by Crippen LogP contribution is -2.00. The molecule has 0 aliphatic carbocycles. The van der Waals surface area contributed by atoms with Crippen LogP contribution in [0.4, 0.5) is 0 Å². The van der Waals surface area contributed by atoms with Gasteiger partial charge in [0.2, 0.25) is 0 Å². The molecule has 3 heteroatoms. The molecule has 0 atom stereocenters. The van der Waals surface area contributed by atoms with Crippen molar-refractivity contribution < 1.29 is 9.90 Å². The van der Waals surface area contributed by atoms with E-state index in [9.17, 15) is 4.79 Å². The molecule has 0 unspecified atom stereocenters. The van der Waals surface area contributed by atoms with Crippen LogP contribution >= 0.6 is 0 Å². The fourth-order valence-electron chi connectivity index (χ4n) is 1.65. The standard InChI is InChI=1S/C13H11NO2/c1-2-4-9-5-3-6-10-7-8-11(13(15)16)14-12(9)10/h2-3,5-8H,1,4H2,(H,15,16). The summed E-state index contributed by atoms with van der Waals surface area (Å²) in [4.78, 5) is 15.0. The van der Waals surface area contributed by atoms with Gasteiger partial charge in [-0.25, -0.2) is 9.78 Å². The maximum absolute atomic E-state index is 10.8. The zero-order valence-electron chi connectivity index (χ0n) is 8.68. The van der Waals surface area contributed by atoms with Crippen LogP contribution in [-0.2, 0) is 6.42 Å². The molecule has 0 saturated carbocycles. The quantitative estimate of drug-likeness (QED) is 0.797. The molecular formula is C13H11NO2. The third-order valence-corrected chi connectivity index (χ3v) is 2.39. The van der Waals surface area contributed by atoms with E-state index in [0.29, 0.717) is 6.42 Å². The summed E-state index contributed by atoms with van der Waals surface area (Å²) in [7, 11) is 0. The Labute approximate surface area is 93.1 Å². The van der Waals surface area contributed by atoms with Gasteiger partial charge >= 0.3 is 5.97 Å². The molecule has 0 aliphatic rings. The van der Waals surface area contributed by atoms with Crippen molar-refractivity contribution in [3.63, 3.8) is 0 Å². The number of carboxylic acids is 1. The van der Waals surface area contributed by atoms with Crippen molar-refractivity contribution in [1.29, 1.82) is 0 Å². The Morgan fingerprint density at radius 2 is 2.19 bits per heavy atom. The third kappa shape index (κ3) is 1.80. The van der Waals surface area contributed by atoms with Crippen LogP contribution in [0.15, 0.2) is 43.0 Å². The van der Waals surface area contributed by atoms with Gasteiger partial charge in [0.05, 0.1) is 5.52 Å². The van der Waals surface area contributed by atoms with Crippen LogP contribution in [0.2, 0.25) is 0 Å². The van der Waals surface area contributed by atoms with Crippen molar-refractivity contribution in [2.24, 2.45) is 0 Å². The first-order chi connectivity index (χ1) is 7.72. The van der Waals surface area contributed by atoms with E-state index in [4.69, 9.17) is 5.11 Å². The third-order valence-electron chi connectivity index (χ3n) is 2.39. The van der Waals surface area contributed by atoms with Crippen molar-refractivity contribution in [3.05, 3.63) is 54.2 Å². The second-order valence-electron chi connectivity index (χ2n) is 3.48. The number of hydrogen-bond donors (Lipinski definition) is 1. The number of benzene rings is 1. The molecule has 80 valence electrons. The van der Waals surface area contributed by atoms with Gasteiger partial charge in [0.1, 0.15) is 5.69 Å². The number of nitrogens with zero attached hydrogens (tertiary/aromatic N) is 1. The Kier molecular flexibility index (Phi) is 2.68. The summed E-state index contributed by atoms with van der Waals surface area (Å²) in [5, 5.41) is 9.83. The lowest BCUT2D eigenvalue weighted by Gasteiger charge is -2.04. The molecule has 0 fully saturated rings. The Morgan fingerprint density at radius 1 is 1.38 bits per heavy atom. The number of carboxylic acid groups (broad SMARTS) is 1. The highest BCUT2D eigenvalue weighted by Gasteiger charge is 2.07. The maximum Gasteiger partial charge on any atom is 0.354 e. The van der Waals surface area contributed by atoms with Crippen LogP contribution in [0, 0.1) is 0 Å². The first-order valence-corrected chi connectivity index (χ1v) is 4.95. The highest BCUT2D eigenvalue weighted by atomic mass is 16.4. The molecule has 16 heavy (non-hydrogen) atoms. The minimum Gasteiger partial charge on any atom is -0.477 e. The first-order valence-electron chi connectivity index (χ1n) is 4.95. The highest BCUT2D eigenvalue weighted by Crippen LogP contribution is 2.18. The Bertz CT molecular complexity index is 561. The molecule has 0 bridgehead atoms. The van der Waals surface area contributed by atoms with Gasteiger partial charge in [0.25, 0.3) is 0 Å². The second-order valence-corrected chi connectivity index (χ2v) is 3.48. The molecule has 1 aromatic carbocycles. The van der Waals surface area contributed by atoms with E-state index >= 15 is 0 Å². The molecule has 0 saturated heterocycles. The number of hydrogen-bond acceptors (Lipinski definition) is 2. The molecule has 1 N–H and O–H groups in total. The zero-order chi connectivity index (χ0) is 11.5. The summed E-state index contributed by atoms with van der Waals surface area (Å²) in [6.45, 7) is 3.68. The summed E-state index contributed by atoms with van der Waals surface area (Å²) in [5.74, 6) is -1.00. The van der Waals surface area contributed by atoms with Gasteiger partial charge in [-0.2, -0.15) is 0 Å². The Morgan fingerprint density at radius 3 is 2.88 bits per heavy atom. The molecule has 1 heterocycles. The zero-order valence-corrected chi connectivity index (χ0v) is 8.68. The lowest BCUT2D eigenvalue weighted by atomic mass is 10.1. The Balaban J connectivity index is 2.67. The van der Waals surface area contributed by atoms with E-state index in [-0.39, 0.29) is 5.69 Å². The number of fused-ring (bicyclic) bond motifs is 1. The molecule has 0 amide bonds. The largest absolute Gasteiger partial charge is 0.477 e. The highest BCUT2D eigenvalue weighted by molar-refractivity contribution is 5.90. The number of aromatic carboxylic acids is 1. The van der Waals surface area contributed by atoms with Crippen molar-refractivity contribution in [2.45, 2.75) is 6.42 Å². The van der Waals surface area contributed by atoms with Crippen LogP contribution < -0.4 is 0 Å². The number of carbonyl (C=O) groups is 1. The molecule has 0 aliphatic heterocycles. The number of pyridine rings is 1. The first kappa shape index (κ1) is 10.4. The van der Waals surface area contributed by atoms with E-state index in [1.54, 1.807) is 12.1 Å². The van der Waals surface area contributed by atoms with Crippen molar-refractivity contribution in [1.82, 2.24) is 4.98 Å². The van der Waals surface area contributed by atoms with E-state index in [1.807, 2.05) is 18.2 Å². The topological polar surface area (TPSA) is 50.2 Å². The second kappa shape index (κ2) is 4.14. The van der Waals surface area contributed by atoms with Gasteiger partial charge in [0, 0.05) is 5.39 Å². The molecular weight excluding hydrogens is 202 g/mol. The van der Waals surface area contributed by atoms with Gasteiger partial charge in [0.15, 0.2) is 0 Å². The molecule has 0 radical (unpaired) electrons. The fourth-order valence-corrected chi connectivity index (χ4v) is 1.65. The SMILES string of the molecule is C=CCc1cccc2ccc(C(=O)O)nc12. The minimum absolute atomic E-state index is 0.0732. The maximum atomic E-state index is 10.8.